The predicted octanol–water partition coefficient (Wildman–Crippen LogP) is -3.21. The van der Waals surface area contributed by atoms with Gasteiger partial charge in [-0.05, 0) is 25.2 Å². The Hall–Kier alpha value is -4.21. The standard InChI is InChI=1S/C22H38N10O6/c1-11(2)17(24)20(36)30-13(5-6-16(23)33)18(34)32-15(8-12-9-27-10-29-12)19(35)31-14(21(37)38)4-3-7-28-22(25)26/h9-11,13-15,17H,3-8,24H2,1-2H3,(H2,23,33)(H,27,29)(H,30,36)(H,31,35)(H,32,34)(H,37,38)(H4,25,26,28). The Labute approximate surface area is 219 Å². The molecule has 0 aromatic carbocycles. The second kappa shape index (κ2) is 15.8. The van der Waals surface area contributed by atoms with Crippen LogP contribution in [0.4, 0.5) is 0 Å². The van der Waals surface area contributed by atoms with E-state index >= 15 is 0 Å². The van der Waals surface area contributed by atoms with Gasteiger partial charge in [-0.25, -0.2) is 9.78 Å². The van der Waals surface area contributed by atoms with Crippen LogP contribution in [0.15, 0.2) is 17.5 Å². The molecule has 0 aliphatic carbocycles. The summed E-state index contributed by atoms with van der Waals surface area (Å²) in [4.78, 5) is 72.2. The molecule has 0 aliphatic heterocycles. The normalized spacial score (nSPS) is 14.0. The number of nitrogens with two attached hydrogens (primary N) is 4. The number of nitrogens with one attached hydrogen (secondary N) is 4. The number of primary amides is 1. The van der Waals surface area contributed by atoms with E-state index in [4.69, 9.17) is 22.9 Å². The molecule has 13 N–H and O–H groups in total. The van der Waals surface area contributed by atoms with Gasteiger partial charge in [-0.2, -0.15) is 0 Å². The van der Waals surface area contributed by atoms with Crippen molar-refractivity contribution in [2.75, 3.05) is 6.54 Å². The number of aromatic amines is 1. The monoisotopic (exact) mass is 538 g/mol. The second-order valence-corrected chi connectivity index (χ2v) is 9.03. The Morgan fingerprint density at radius 2 is 1.58 bits per heavy atom. The minimum absolute atomic E-state index is 0.0208. The number of carbonyl (C=O) groups is 5. The topological polar surface area (TPSA) is 287 Å². The molecule has 4 unspecified atom stereocenters. The first kappa shape index (κ1) is 31.8. The molecule has 0 saturated carbocycles. The highest BCUT2D eigenvalue weighted by Gasteiger charge is 2.31. The Morgan fingerprint density at radius 1 is 0.974 bits per heavy atom. The van der Waals surface area contributed by atoms with Crippen LogP contribution < -0.4 is 38.9 Å². The lowest BCUT2D eigenvalue weighted by atomic mass is 10.0. The molecule has 4 atom stereocenters. The van der Waals surface area contributed by atoms with Gasteiger partial charge in [-0.15, -0.1) is 0 Å². The van der Waals surface area contributed by atoms with Gasteiger partial charge in [0.15, 0.2) is 5.96 Å². The zero-order valence-electron chi connectivity index (χ0n) is 21.5. The maximum Gasteiger partial charge on any atom is 0.326 e. The number of aromatic nitrogens is 2. The number of hydrogen-bond donors (Lipinski definition) is 9. The van der Waals surface area contributed by atoms with E-state index in [1.54, 1.807) is 13.8 Å². The third kappa shape index (κ3) is 11.7. The maximum absolute atomic E-state index is 13.1. The summed E-state index contributed by atoms with van der Waals surface area (Å²) >= 11 is 0. The Kier molecular flexibility index (Phi) is 13.2. The van der Waals surface area contributed by atoms with E-state index in [1.165, 1.54) is 12.5 Å². The highest BCUT2D eigenvalue weighted by atomic mass is 16.4. The van der Waals surface area contributed by atoms with E-state index in [1.807, 2.05) is 0 Å². The molecular formula is C22H38N10O6. The number of amides is 4. The van der Waals surface area contributed by atoms with E-state index < -0.39 is 53.8 Å². The van der Waals surface area contributed by atoms with E-state index in [9.17, 15) is 29.1 Å². The highest BCUT2D eigenvalue weighted by molar-refractivity contribution is 5.94. The molecule has 0 spiro atoms. The van der Waals surface area contributed by atoms with Gasteiger partial charge < -0.3 is 49.0 Å². The smallest absolute Gasteiger partial charge is 0.326 e. The van der Waals surface area contributed by atoms with Crippen molar-refractivity contribution >= 4 is 35.6 Å². The molecule has 1 aromatic rings. The summed E-state index contributed by atoms with van der Waals surface area (Å²) in [7, 11) is 0. The number of carbonyl (C=O) groups excluding carboxylic acids is 4. The zero-order valence-corrected chi connectivity index (χ0v) is 21.5. The summed E-state index contributed by atoms with van der Waals surface area (Å²) < 4.78 is 0. The Bertz CT molecular complexity index is 977. The van der Waals surface area contributed by atoms with E-state index in [0.29, 0.717) is 5.69 Å². The summed E-state index contributed by atoms with van der Waals surface area (Å²) in [6.45, 7) is 3.61. The van der Waals surface area contributed by atoms with Crippen LogP contribution in [-0.4, -0.2) is 81.3 Å². The lowest BCUT2D eigenvalue weighted by Crippen LogP contribution is -2.58. The number of carboxylic acids is 1. The Balaban J connectivity index is 3.06. The summed E-state index contributed by atoms with van der Waals surface area (Å²) in [6, 6.07) is -4.69. The van der Waals surface area contributed by atoms with Crippen LogP contribution in [0.25, 0.3) is 0 Å². The number of nitrogens with zero attached hydrogens (tertiary/aromatic N) is 2. The average Bonchev–Trinajstić information content (AvgIpc) is 3.34. The molecule has 0 fully saturated rings. The molecule has 0 aliphatic rings. The highest BCUT2D eigenvalue weighted by Crippen LogP contribution is 2.06. The number of guanidine groups is 1. The first-order valence-corrected chi connectivity index (χ1v) is 12.0. The molecular weight excluding hydrogens is 500 g/mol. The van der Waals surface area contributed by atoms with Crippen molar-refractivity contribution in [3.05, 3.63) is 18.2 Å². The van der Waals surface area contributed by atoms with Gasteiger partial charge in [0.2, 0.25) is 23.6 Å². The molecule has 0 saturated heterocycles. The van der Waals surface area contributed by atoms with Crippen LogP contribution in [0.3, 0.4) is 0 Å². The van der Waals surface area contributed by atoms with Crippen LogP contribution in [0, 0.1) is 5.92 Å². The third-order valence-corrected chi connectivity index (χ3v) is 5.51. The molecule has 16 heteroatoms. The van der Waals surface area contributed by atoms with Crippen LogP contribution in [-0.2, 0) is 30.4 Å². The fourth-order valence-electron chi connectivity index (χ4n) is 3.26. The zero-order chi connectivity index (χ0) is 28.8. The van der Waals surface area contributed by atoms with Crippen molar-refractivity contribution < 1.29 is 29.1 Å². The van der Waals surface area contributed by atoms with Gasteiger partial charge >= 0.3 is 5.97 Å². The summed E-state index contributed by atoms with van der Waals surface area (Å²) in [6.07, 6.45) is 2.67. The first-order chi connectivity index (χ1) is 17.8. The molecule has 1 aromatic heterocycles. The number of aliphatic imine (C=N–C) groups is 1. The van der Waals surface area contributed by atoms with Gasteiger partial charge in [-0.3, -0.25) is 24.2 Å². The number of imidazole rings is 1. The second-order valence-electron chi connectivity index (χ2n) is 9.03. The molecule has 212 valence electrons. The summed E-state index contributed by atoms with van der Waals surface area (Å²) in [5.74, 6) is -4.54. The minimum Gasteiger partial charge on any atom is -0.480 e. The van der Waals surface area contributed by atoms with Crippen molar-refractivity contribution in [2.45, 2.75) is 70.1 Å². The lowest BCUT2D eigenvalue weighted by Gasteiger charge is -2.25. The molecule has 16 nitrogen and oxygen atoms in total. The van der Waals surface area contributed by atoms with Crippen molar-refractivity contribution in [3.8, 4) is 0 Å². The Morgan fingerprint density at radius 3 is 2.11 bits per heavy atom. The van der Waals surface area contributed by atoms with E-state index in [2.05, 4.69) is 30.9 Å². The van der Waals surface area contributed by atoms with Crippen molar-refractivity contribution in [1.29, 1.82) is 0 Å². The van der Waals surface area contributed by atoms with E-state index in [-0.39, 0.29) is 50.5 Å². The molecule has 4 amide bonds. The SMILES string of the molecule is CC(C)C(N)C(=O)NC(CCC(N)=O)C(=O)NC(Cc1cnc[nH]1)C(=O)NC(CCCN=C(N)N)C(=O)O. The number of rotatable bonds is 17. The van der Waals surface area contributed by atoms with Crippen molar-refractivity contribution in [2.24, 2.45) is 33.8 Å². The summed E-state index contributed by atoms with van der Waals surface area (Å²) in [5, 5.41) is 17.0. The van der Waals surface area contributed by atoms with Crippen LogP contribution in [0.2, 0.25) is 0 Å². The third-order valence-electron chi connectivity index (χ3n) is 5.51. The van der Waals surface area contributed by atoms with Gasteiger partial charge in [-0.1, -0.05) is 13.8 Å². The number of aliphatic carboxylic acids is 1. The molecule has 0 bridgehead atoms. The number of carboxylic acid groups (broad SMARTS) is 1. The van der Waals surface area contributed by atoms with Crippen molar-refractivity contribution in [3.63, 3.8) is 0 Å². The van der Waals surface area contributed by atoms with Gasteiger partial charge in [0.05, 0.1) is 12.4 Å². The van der Waals surface area contributed by atoms with Crippen LogP contribution >= 0.6 is 0 Å². The largest absolute Gasteiger partial charge is 0.480 e. The van der Waals surface area contributed by atoms with Gasteiger partial charge in [0.1, 0.15) is 18.1 Å². The van der Waals surface area contributed by atoms with Crippen LogP contribution in [0.5, 0.6) is 0 Å². The first-order valence-electron chi connectivity index (χ1n) is 12.0. The van der Waals surface area contributed by atoms with Gasteiger partial charge in [0, 0.05) is 31.3 Å². The fraction of sp³-hybridized carbons (Fsp3) is 0.591. The molecule has 38 heavy (non-hydrogen) atoms. The summed E-state index contributed by atoms with van der Waals surface area (Å²) in [5.41, 5.74) is 22.1. The molecule has 1 heterocycles. The van der Waals surface area contributed by atoms with Gasteiger partial charge in [0.25, 0.3) is 0 Å². The number of H-pyrrole nitrogens is 1. The average molecular weight is 539 g/mol. The minimum atomic E-state index is -1.29. The maximum atomic E-state index is 13.1. The fourth-order valence-corrected chi connectivity index (χ4v) is 3.26. The predicted molar refractivity (Wildman–Crippen MR) is 137 cm³/mol. The lowest BCUT2D eigenvalue weighted by molar-refractivity contribution is -0.142. The van der Waals surface area contributed by atoms with E-state index in [0.717, 1.165) is 0 Å². The van der Waals surface area contributed by atoms with Crippen LogP contribution in [0.1, 0.15) is 45.2 Å². The number of hydrogen-bond acceptors (Lipinski definition) is 8. The molecule has 0 radical (unpaired) electrons. The molecule has 1 rings (SSSR count). The van der Waals surface area contributed by atoms with Crippen molar-refractivity contribution in [1.82, 2.24) is 25.9 Å². The quantitative estimate of drug-likeness (QED) is 0.0543.